The SMILES string of the molecule is O=C1CCC(N2C(=O)c3ccccc3C(NCCOCCC(=O)N(c3ccccc3-c3ccccc3)c3ccc([N+](=O)[O-])c4nonc34)C2=O)C(=O)N1. The average Bonchev–Trinajstić information content (AvgIpc) is 3.66. The highest BCUT2D eigenvalue weighted by Crippen LogP contribution is 2.40. The van der Waals surface area contributed by atoms with Crippen LogP contribution in [0.5, 0.6) is 0 Å². The molecule has 0 spiro atoms. The fraction of sp³-hybridized carbons (Fsp3) is 0.216. The molecule has 2 aliphatic heterocycles. The number of aromatic nitrogens is 2. The first-order valence-corrected chi connectivity index (χ1v) is 16.7. The van der Waals surface area contributed by atoms with Crippen molar-refractivity contribution in [3.05, 3.63) is 112 Å². The van der Waals surface area contributed by atoms with E-state index in [-0.39, 0.29) is 67.0 Å². The number of carbonyl (C=O) groups is 5. The standard InChI is InChI=1S/C37H31N7O9/c45-30-17-16-29(35(47)39-30)43-36(48)25-12-5-4-11-24(25)32(37(43)49)38-19-21-52-20-18-31(46)42(26-13-7-6-10-23(26)22-8-2-1-3-9-22)27-14-15-28(44(50)51)34-33(27)40-53-41-34/h1-15,29,32,38H,16-21H2,(H,39,45,47). The predicted octanol–water partition coefficient (Wildman–Crippen LogP) is 3.99. The van der Waals surface area contributed by atoms with E-state index < -0.39 is 46.5 Å². The van der Waals surface area contributed by atoms with Crippen LogP contribution in [-0.4, -0.2) is 75.5 Å². The van der Waals surface area contributed by atoms with E-state index in [1.54, 1.807) is 36.4 Å². The summed E-state index contributed by atoms with van der Waals surface area (Å²) in [4.78, 5) is 78.9. The Balaban J connectivity index is 1.07. The molecule has 2 N–H and O–H groups in total. The number of hydrogen-bond acceptors (Lipinski definition) is 12. The van der Waals surface area contributed by atoms with Crippen molar-refractivity contribution in [2.24, 2.45) is 0 Å². The molecule has 0 aliphatic carbocycles. The van der Waals surface area contributed by atoms with Gasteiger partial charge in [-0.1, -0.05) is 66.7 Å². The second kappa shape index (κ2) is 14.9. The van der Waals surface area contributed by atoms with E-state index in [2.05, 4.69) is 20.9 Å². The van der Waals surface area contributed by atoms with Crippen molar-refractivity contribution in [1.29, 1.82) is 0 Å². The Hall–Kier alpha value is -6.65. The molecule has 0 radical (unpaired) electrons. The van der Waals surface area contributed by atoms with Crippen LogP contribution in [0.2, 0.25) is 0 Å². The summed E-state index contributed by atoms with van der Waals surface area (Å²) in [6.07, 6.45) is -0.0883. The number of imide groups is 2. The van der Waals surface area contributed by atoms with Gasteiger partial charge in [0.05, 0.1) is 35.9 Å². The second-order valence-electron chi connectivity index (χ2n) is 12.3. The van der Waals surface area contributed by atoms with Gasteiger partial charge >= 0.3 is 5.69 Å². The summed E-state index contributed by atoms with van der Waals surface area (Å²) in [5, 5.41) is 24.7. The zero-order valence-electron chi connectivity index (χ0n) is 28.0. The molecule has 2 unspecified atom stereocenters. The van der Waals surface area contributed by atoms with Crippen molar-refractivity contribution in [2.75, 3.05) is 24.7 Å². The molecule has 0 bridgehead atoms. The molecule has 2 atom stereocenters. The smallest absolute Gasteiger partial charge is 0.300 e. The van der Waals surface area contributed by atoms with Crippen molar-refractivity contribution in [3.63, 3.8) is 0 Å². The molecule has 5 amide bonds. The van der Waals surface area contributed by atoms with Crippen LogP contribution >= 0.6 is 0 Å². The summed E-state index contributed by atoms with van der Waals surface area (Å²) in [5.41, 5.74) is 2.58. The lowest BCUT2D eigenvalue weighted by molar-refractivity contribution is -0.383. The first kappa shape index (κ1) is 34.8. The van der Waals surface area contributed by atoms with Crippen molar-refractivity contribution in [2.45, 2.75) is 31.3 Å². The van der Waals surface area contributed by atoms with Gasteiger partial charge in [0.2, 0.25) is 23.2 Å². The van der Waals surface area contributed by atoms with Crippen molar-refractivity contribution >= 4 is 57.6 Å². The molecule has 2 aliphatic rings. The van der Waals surface area contributed by atoms with Gasteiger partial charge in [0.25, 0.3) is 11.8 Å². The van der Waals surface area contributed by atoms with Gasteiger partial charge in [-0.25, -0.2) is 4.63 Å². The third-order valence-corrected chi connectivity index (χ3v) is 9.07. The fourth-order valence-corrected chi connectivity index (χ4v) is 6.61. The molecule has 16 nitrogen and oxygen atoms in total. The average molecular weight is 718 g/mol. The molecule has 53 heavy (non-hydrogen) atoms. The van der Waals surface area contributed by atoms with Gasteiger partial charge in [-0.3, -0.25) is 54.5 Å². The van der Waals surface area contributed by atoms with Crippen LogP contribution in [0.4, 0.5) is 17.1 Å². The number of fused-ring (bicyclic) bond motifs is 2. The number of piperidine rings is 1. The van der Waals surface area contributed by atoms with E-state index in [0.717, 1.165) is 16.0 Å². The normalized spacial score (nSPS) is 17.1. The maximum atomic E-state index is 14.1. The summed E-state index contributed by atoms with van der Waals surface area (Å²) in [7, 11) is 0. The van der Waals surface area contributed by atoms with Crippen LogP contribution in [0.15, 0.2) is 95.6 Å². The third kappa shape index (κ3) is 6.75. The number of benzene rings is 4. The van der Waals surface area contributed by atoms with Crippen molar-refractivity contribution < 1.29 is 38.3 Å². The molecule has 16 heteroatoms. The van der Waals surface area contributed by atoms with Gasteiger partial charge in [0.1, 0.15) is 12.1 Å². The van der Waals surface area contributed by atoms with Crippen LogP contribution in [0.25, 0.3) is 22.2 Å². The van der Waals surface area contributed by atoms with E-state index in [1.807, 2.05) is 42.5 Å². The Labute approximate surface area is 300 Å². The topological polar surface area (TPSA) is 207 Å². The second-order valence-corrected chi connectivity index (χ2v) is 12.3. The number of carbonyl (C=O) groups excluding carboxylic acids is 5. The predicted molar refractivity (Wildman–Crippen MR) is 187 cm³/mol. The first-order valence-electron chi connectivity index (χ1n) is 16.7. The van der Waals surface area contributed by atoms with Crippen molar-refractivity contribution in [1.82, 2.24) is 25.8 Å². The minimum absolute atomic E-state index is 0.000411. The van der Waals surface area contributed by atoms with Crippen LogP contribution < -0.4 is 15.5 Å². The maximum absolute atomic E-state index is 14.1. The molecule has 1 fully saturated rings. The largest absolute Gasteiger partial charge is 0.380 e. The number of rotatable bonds is 12. The number of non-ortho nitro benzene ring substituents is 1. The molecular formula is C37H31N7O9. The molecular weight excluding hydrogens is 686 g/mol. The number of nitrogens with zero attached hydrogens (tertiary/aromatic N) is 5. The Bertz CT molecular complexity index is 2260. The number of nitrogens with one attached hydrogen (secondary N) is 2. The van der Waals surface area contributed by atoms with E-state index >= 15 is 0 Å². The molecule has 5 aromatic rings. The van der Waals surface area contributed by atoms with Gasteiger partial charge in [0.15, 0.2) is 5.52 Å². The van der Waals surface area contributed by atoms with E-state index in [0.29, 0.717) is 11.3 Å². The van der Waals surface area contributed by atoms with Gasteiger partial charge in [-0.2, -0.15) is 0 Å². The maximum Gasteiger partial charge on any atom is 0.300 e. The molecule has 0 saturated carbocycles. The molecule has 1 aromatic heterocycles. The molecule has 268 valence electrons. The first-order chi connectivity index (χ1) is 25.7. The number of hydrogen-bond donors (Lipinski definition) is 2. The Morgan fingerprint density at radius 1 is 0.906 bits per heavy atom. The molecule has 1 saturated heterocycles. The number of ether oxygens (including phenoxy) is 1. The summed E-state index contributed by atoms with van der Waals surface area (Å²) >= 11 is 0. The Morgan fingerprint density at radius 2 is 1.62 bits per heavy atom. The number of anilines is 2. The quantitative estimate of drug-likeness (QED) is 0.0813. The number of amides is 5. The van der Waals surface area contributed by atoms with Crippen molar-refractivity contribution in [3.8, 4) is 11.1 Å². The van der Waals surface area contributed by atoms with Crippen LogP contribution in [-0.2, 0) is 23.9 Å². The summed E-state index contributed by atoms with van der Waals surface area (Å²) < 4.78 is 10.7. The lowest BCUT2D eigenvalue weighted by Crippen LogP contribution is -2.60. The fourth-order valence-electron chi connectivity index (χ4n) is 6.61. The molecule has 4 aromatic carbocycles. The van der Waals surface area contributed by atoms with E-state index in [4.69, 9.17) is 9.37 Å². The zero-order chi connectivity index (χ0) is 37.1. The van der Waals surface area contributed by atoms with E-state index in [9.17, 15) is 34.1 Å². The highest BCUT2D eigenvalue weighted by molar-refractivity contribution is 6.15. The van der Waals surface area contributed by atoms with E-state index in [1.165, 1.54) is 17.0 Å². The highest BCUT2D eigenvalue weighted by atomic mass is 16.6. The van der Waals surface area contributed by atoms with Gasteiger partial charge < -0.3 is 4.74 Å². The number of para-hydroxylation sites is 1. The summed E-state index contributed by atoms with van der Waals surface area (Å²) in [5.74, 6) is -2.81. The van der Waals surface area contributed by atoms with Crippen LogP contribution in [0, 0.1) is 10.1 Å². The lowest BCUT2D eigenvalue weighted by atomic mass is 9.91. The lowest BCUT2D eigenvalue weighted by Gasteiger charge is -2.38. The summed E-state index contributed by atoms with van der Waals surface area (Å²) in [6, 6.07) is 23.8. The Kier molecular flexibility index (Phi) is 9.78. The molecule has 3 heterocycles. The zero-order valence-corrected chi connectivity index (χ0v) is 28.0. The van der Waals surface area contributed by atoms with Crippen LogP contribution in [0.3, 0.4) is 0 Å². The van der Waals surface area contributed by atoms with Gasteiger partial charge in [0, 0.05) is 30.2 Å². The number of nitro benzene ring substituents is 1. The van der Waals surface area contributed by atoms with Gasteiger partial charge in [-0.15, -0.1) is 0 Å². The highest BCUT2D eigenvalue weighted by Gasteiger charge is 2.45. The minimum Gasteiger partial charge on any atom is -0.380 e. The van der Waals surface area contributed by atoms with Crippen LogP contribution in [0.1, 0.15) is 41.2 Å². The number of nitro groups is 1. The minimum atomic E-state index is -1.12. The Morgan fingerprint density at radius 3 is 2.40 bits per heavy atom. The third-order valence-electron chi connectivity index (χ3n) is 9.07. The summed E-state index contributed by atoms with van der Waals surface area (Å²) in [6.45, 7) is 0.180. The molecule has 7 rings (SSSR count). The monoisotopic (exact) mass is 717 g/mol. The van der Waals surface area contributed by atoms with Gasteiger partial charge in [-0.05, 0) is 46.1 Å².